The van der Waals surface area contributed by atoms with Crippen molar-refractivity contribution in [2.24, 2.45) is 0 Å². The van der Waals surface area contributed by atoms with Crippen LogP contribution in [0.25, 0.3) is 10.9 Å². The Morgan fingerprint density at radius 2 is 1.90 bits per heavy atom. The van der Waals surface area contributed by atoms with Crippen LogP contribution in [-0.2, 0) is 11.3 Å². The van der Waals surface area contributed by atoms with E-state index in [1.807, 2.05) is 29.2 Å². The molecular weight excluding hydrogens is 378 g/mol. The van der Waals surface area contributed by atoms with Crippen molar-refractivity contribution in [1.29, 1.82) is 0 Å². The highest BCUT2D eigenvalue weighted by Crippen LogP contribution is 2.25. The molecule has 2 fully saturated rings. The van der Waals surface area contributed by atoms with Crippen molar-refractivity contribution in [3.63, 3.8) is 0 Å². The highest BCUT2D eigenvalue weighted by Gasteiger charge is 2.24. The predicted molar refractivity (Wildman–Crippen MR) is 116 cm³/mol. The van der Waals surface area contributed by atoms with E-state index in [0.717, 1.165) is 42.7 Å². The van der Waals surface area contributed by atoms with Gasteiger partial charge in [-0.3, -0.25) is 9.69 Å². The van der Waals surface area contributed by atoms with Crippen LogP contribution in [-0.4, -0.2) is 66.2 Å². The van der Waals surface area contributed by atoms with Crippen LogP contribution in [0, 0.1) is 0 Å². The number of aromatic nitrogens is 1. The number of benzene rings is 2. The van der Waals surface area contributed by atoms with Crippen LogP contribution in [0.1, 0.15) is 22.5 Å². The van der Waals surface area contributed by atoms with Crippen LogP contribution >= 0.6 is 0 Å². The lowest BCUT2D eigenvalue weighted by Crippen LogP contribution is -2.40. The highest BCUT2D eigenvalue weighted by molar-refractivity contribution is 5.98. The summed E-state index contributed by atoms with van der Waals surface area (Å²) in [5.41, 5.74) is 2.92. The second-order valence-electron chi connectivity index (χ2n) is 8.09. The minimum atomic E-state index is 0.0318. The first kappa shape index (κ1) is 19.2. The molecule has 0 bridgehead atoms. The van der Waals surface area contributed by atoms with E-state index in [1.165, 1.54) is 5.56 Å². The van der Waals surface area contributed by atoms with E-state index in [1.54, 1.807) is 0 Å². The number of nitrogens with zero attached hydrogens (tertiary/aromatic N) is 2. The van der Waals surface area contributed by atoms with Crippen LogP contribution < -0.4 is 4.74 Å². The molecule has 5 rings (SSSR count). The Labute approximate surface area is 176 Å². The number of hydrogen-bond donors (Lipinski definition) is 1. The Hall–Kier alpha value is -2.83. The molecule has 3 heterocycles. The molecule has 0 unspecified atom stereocenters. The Bertz CT molecular complexity index is 1010. The lowest BCUT2D eigenvalue weighted by Gasteiger charge is -2.26. The van der Waals surface area contributed by atoms with Crippen molar-refractivity contribution >= 4 is 16.8 Å². The summed E-state index contributed by atoms with van der Waals surface area (Å²) in [7, 11) is 0. The molecule has 6 heteroatoms. The molecule has 0 aliphatic carbocycles. The zero-order valence-corrected chi connectivity index (χ0v) is 17.0. The molecule has 1 amide bonds. The lowest BCUT2D eigenvalue weighted by molar-refractivity contribution is 0.0299. The second-order valence-corrected chi connectivity index (χ2v) is 8.09. The average molecular weight is 405 g/mol. The number of nitrogens with one attached hydrogen (secondary N) is 1. The highest BCUT2D eigenvalue weighted by atomic mass is 16.5. The zero-order valence-electron chi connectivity index (χ0n) is 17.0. The number of hydrogen-bond acceptors (Lipinski definition) is 4. The van der Waals surface area contributed by atoms with E-state index in [-0.39, 0.29) is 12.0 Å². The van der Waals surface area contributed by atoms with Crippen LogP contribution in [0.5, 0.6) is 5.75 Å². The normalized spacial score (nSPS) is 20.0. The summed E-state index contributed by atoms with van der Waals surface area (Å²) in [6, 6.07) is 18.5. The van der Waals surface area contributed by atoms with Gasteiger partial charge in [0, 0.05) is 43.6 Å². The molecule has 30 heavy (non-hydrogen) atoms. The fraction of sp³-hybridized carbons (Fsp3) is 0.375. The number of amides is 1. The Kier molecular flexibility index (Phi) is 5.43. The van der Waals surface area contributed by atoms with E-state index in [0.29, 0.717) is 32.0 Å². The van der Waals surface area contributed by atoms with Gasteiger partial charge in [0.25, 0.3) is 5.91 Å². The van der Waals surface area contributed by atoms with Crippen molar-refractivity contribution in [3.05, 3.63) is 65.9 Å². The van der Waals surface area contributed by atoms with Gasteiger partial charge in [0.1, 0.15) is 17.5 Å². The molecule has 1 atom stereocenters. The number of rotatable bonds is 5. The van der Waals surface area contributed by atoms with Crippen molar-refractivity contribution in [1.82, 2.24) is 14.8 Å². The van der Waals surface area contributed by atoms with Gasteiger partial charge >= 0.3 is 0 Å². The molecule has 156 valence electrons. The molecule has 0 spiro atoms. The second kappa shape index (κ2) is 8.50. The number of H-pyrrole nitrogens is 1. The monoisotopic (exact) mass is 405 g/mol. The largest absolute Gasteiger partial charge is 0.489 e. The maximum Gasteiger partial charge on any atom is 0.270 e. The number of carbonyl (C=O) groups excluding carboxylic acids is 1. The van der Waals surface area contributed by atoms with Gasteiger partial charge in [-0.1, -0.05) is 30.3 Å². The quantitative estimate of drug-likeness (QED) is 0.708. The van der Waals surface area contributed by atoms with Crippen molar-refractivity contribution in [3.8, 4) is 5.75 Å². The number of ether oxygens (including phenoxy) is 2. The molecule has 0 saturated carbocycles. The van der Waals surface area contributed by atoms with Crippen LogP contribution in [0.3, 0.4) is 0 Å². The summed E-state index contributed by atoms with van der Waals surface area (Å²) < 4.78 is 11.6. The first-order valence-corrected chi connectivity index (χ1v) is 10.7. The molecule has 2 aliphatic rings. The summed E-state index contributed by atoms with van der Waals surface area (Å²) in [6.45, 7) is 5.43. The van der Waals surface area contributed by atoms with Gasteiger partial charge in [-0.25, -0.2) is 0 Å². The van der Waals surface area contributed by atoms with Gasteiger partial charge in [0.2, 0.25) is 0 Å². The number of fused-ring (bicyclic) bond motifs is 1. The molecule has 3 aromatic rings. The van der Waals surface area contributed by atoms with Crippen LogP contribution in [0.2, 0.25) is 0 Å². The molecule has 2 aromatic carbocycles. The lowest BCUT2D eigenvalue weighted by atomic mass is 10.2. The summed E-state index contributed by atoms with van der Waals surface area (Å²) >= 11 is 0. The Morgan fingerprint density at radius 1 is 1.07 bits per heavy atom. The average Bonchev–Trinajstić information content (AvgIpc) is 3.41. The maximum absolute atomic E-state index is 12.7. The van der Waals surface area contributed by atoms with Gasteiger partial charge in [-0.15, -0.1) is 0 Å². The summed E-state index contributed by atoms with van der Waals surface area (Å²) in [4.78, 5) is 20.3. The van der Waals surface area contributed by atoms with E-state index >= 15 is 0 Å². The first-order valence-electron chi connectivity index (χ1n) is 10.7. The maximum atomic E-state index is 12.7. The summed E-state index contributed by atoms with van der Waals surface area (Å²) in [5.74, 6) is 0.891. The molecule has 2 aliphatic heterocycles. The standard InChI is InChI=1S/C24H27N3O3/c28-24(27-10-12-29-13-11-27)23-15-19-14-20(6-7-22(19)25-23)30-21-8-9-26(17-21)16-18-4-2-1-3-5-18/h1-7,14-15,21,25H,8-13,16-17H2/t21-/m0/s1. The minimum Gasteiger partial charge on any atom is -0.489 e. The van der Waals surface area contributed by atoms with Gasteiger partial charge in [-0.2, -0.15) is 0 Å². The third-order valence-electron chi connectivity index (χ3n) is 5.90. The first-order chi connectivity index (χ1) is 14.7. The van der Waals surface area contributed by atoms with Crippen molar-refractivity contribution in [2.45, 2.75) is 19.1 Å². The Morgan fingerprint density at radius 3 is 2.73 bits per heavy atom. The molecule has 1 N–H and O–H groups in total. The molecule has 0 radical (unpaired) electrons. The topological polar surface area (TPSA) is 57.8 Å². The smallest absolute Gasteiger partial charge is 0.270 e. The number of morpholine rings is 1. The molecule has 6 nitrogen and oxygen atoms in total. The van der Waals surface area contributed by atoms with Gasteiger partial charge < -0.3 is 19.4 Å². The van der Waals surface area contributed by atoms with E-state index in [2.05, 4.69) is 40.2 Å². The third kappa shape index (κ3) is 4.20. The van der Waals surface area contributed by atoms with Crippen LogP contribution in [0.15, 0.2) is 54.6 Å². The Balaban J connectivity index is 1.23. The van der Waals surface area contributed by atoms with Crippen molar-refractivity contribution < 1.29 is 14.3 Å². The van der Waals surface area contributed by atoms with Crippen LogP contribution in [0.4, 0.5) is 0 Å². The minimum absolute atomic E-state index is 0.0318. The molecule has 2 saturated heterocycles. The zero-order chi connectivity index (χ0) is 20.3. The van der Waals surface area contributed by atoms with Gasteiger partial charge in [0.05, 0.1) is 13.2 Å². The van der Waals surface area contributed by atoms with E-state index in [9.17, 15) is 4.79 Å². The number of aromatic amines is 1. The van der Waals surface area contributed by atoms with Crippen molar-refractivity contribution in [2.75, 3.05) is 39.4 Å². The number of carbonyl (C=O) groups is 1. The van der Waals surface area contributed by atoms with Gasteiger partial charge in [0.15, 0.2) is 0 Å². The predicted octanol–water partition coefficient (Wildman–Crippen LogP) is 3.29. The molecule has 1 aromatic heterocycles. The van der Waals surface area contributed by atoms with Gasteiger partial charge in [-0.05, 0) is 36.2 Å². The third-order valence-corrected chi connectivity index (χ3v) is 5.90. The van der Waals surface area contributed by atoms with E-state index in [4.69, 9.17) is 9.47 Å². The summed E-state index contributed by atoms with van der Waals surface area (Å²) in [5, 5.41) is 1.00. The SMILES string of the molecule is O=C(c1cc2cc(O[C@H]3CCN(Cc4ccccc4)C3)ccc2[nH]1)N1CCOCC1. The van der Waals surface area contributed by atoms with E-state index < -0.39 is 0 Å². The fourth-order valence-corrected chi connectivity index (χ4v) is 4.31. The summed E-state index contributed by atoms with van der Waals surface area (Å²) in [6.07, 6.45) is 1.22. The number of likely N-dealkylation sites (tertiary alicyclic amines) is 1. The fourth-order valence-electron chi connectivity index (χ4n) is 4.31. The molecular formula is C24H27N3O3.